The maximum Gasteiger partial charge on any atom is 0.220 e. The van der Waals surface area contributed by atoms with Gasteiger partial charge in [0.25, 0.3) is 0 Å². The van der Waals surface area contributed by atoms with E-state index >= 15 is 0 Å². The van der Waals surface area contributed by atoms with E-state index in [2.05, 4.69) is 20.5 Å². The van der Waals surface area contributed by atoms with E-state index in [0.717, 1.165) is 31.9 Å². The molecule has 2 saturated heterocycles. The van der Waals surface area contributed by atoms with Crippen LogP contribution in [0.3, 0.4) is 0 Å². The van der Waals surface area contributed by atoms with Crippen LogP contribution in [0, 0.1) is 17.0 Å². The van der Waals surface area contributed by atoms with E-state index in [0.29, 0.717) is 25.9 Å². The van der Waals surface area contributed by atoms with Crippen molar-refractivity contribution in [1.82, 2.24) is 15.5 Å². The molecule has 0 aromatic heterocycles. The number of nitrogens with one attached hydrogen (secondary N) is 2. The minimum atomic E-state index is -0.481. The summed E-state index contributed by atoms with van der Waals surface area (Å²) in [7, 11) is 0. The van der Waals surface area contributed by atoms with Crippen LogP contribution in [0.2, 0.25) is 0 Å². The number of guanidine groups is 1. The highest BCUT2D eigenvalue weighted by Gasteiger charge is 2.45. The summed E-state index contributed by atoms with van der Waals surface area (Å²) in [6, 6.07) is 4.01. The van der Waals surface area contributed by atoms with Crippen LogP contribution in [-0.4, -0.2) is 49.0 Å². The fourth-order valence-corrected chi connectivity index (χ4v) is 4.52. The molecule has 27 heavy (non-hydrogen) atoms. The number of carbonyl (C=O) groups excluding carboxylic acids is 1. The Kier molecular flexibility index (Phi) is 4.78. The summed E-state index contributed by atoms with van der Waals surface area (Å²) >= 11 is 0. The fourth-order valence-electron chi connectivity index (χ4n) is 4.52. The first-order valence-electron chi connectivity index (χ1n) is 9.78. The molecule has 2 N–H and O–H groups in total. The molecule has 4 rings (SSSR count). The van der Waals surface area contributed by atoms with Crippen LogP contribution in [0.5, 0.6) is 0 Å². The summed E-state index contributed by atoms with van der Waals surface area (Å²) in [5, 5.41) is 6.38. The molecule has 146 valence electrons. The molecule has 3 fully saturated rings. The van der Waals surface area contributed by atoms with E-state index in [1.165, 1.54) is 18.2 Å². The summed E-state index contributed by atoms with van der Waals surface area (Å²) in [4.78, 5) is 18.5. The number of nitrogens with zero attached hydrogens (tertiary/aromatic N) is 2. The third-order valence-electron chi connectivity index (χ3n) is 5.94. The molecular formula is C20H26F2N4O. The van der Waals surface area contributed by atoms with Gasteiger partial charge < -0.3 is 15.5 Å². The Labute approximate surface area is 158 Å². The normalized spacial score (nSPS) is 30.6. The molecule has 1 aromatic carbocycles. The number of likely N-dealkylation sites (tertiary alicyclic amines) is 1. The van der Waals surface area contributed by atoms with Gasteiger partial charge >= 0.3 is 0 Å². The molecule has 1 aliphatic carbocycles. The minimum Gasteiger partial charge on any atom is -0.355 e. The quantitative estimate of drug-likeness (QED) is 0.629. The van der Waals surface area contributed by atoms with E-state index in [1.54, 1.807) is 0 Å². The largest absolute Gasteiger partial charge is 0.355 e. The zero-order valence-corrected chi connectivity index (χ0v) is 15.6. The average molecular weight is 376 g/mol. The summed E-state index contributed by atoms with van der Waals surface area (Å²) in [5.41, 5.74) is 0.151. The summed E-state index contributed by atoms with van der Waals surface area (Å²) in [5.74, 6) is -0.213. The number of hydrogen-bond acceptors (Lipinski definition) is 2. The highest BCUT2D eigenvalue weighted by Crippen LogP contribution is 2.43. The molecule has 2 aliphatic heterocycles. The molecule has 3 atom stereocenters. The van der Waals surface area contributed by atoms with Crippen molar-refractivity contribution in [2.75, 3.05) is 26.2 Å². The van der Waals surface area contributed by atoms with Gasteiger partial charge in [-0.2, -0.15) is 0 Å². The molecular weight excluding hydrogens is 350 g/mol. The minimum absolute atomic E-state index is 0.0112. The van der Waals surface area contributed by atoms with E-state index < -0.39 is 11.6 Å². The Bertz CT molecular complexity index is 748. The molecule has 7 heteroatoms. The van der Waals surface area contributed by atoms with Gasteiger partial charge in [-0.3, -0.25) is 9.79 Å². The van der Waals surface area contributed by atoms with Crippen molar-refractivity contribution in [3.8, 4) is 0 Å². The van der Waals surface area contributed by atoms with E-state index in [1.807, 2.05) is 6.92 Å². The highest BCUT2D eigenvalue weighted by atomic mass is 19.1. The predicted molar refractivity (Wildman–Crippen MR) is 99.5 cm³/mol. The standard InChI is InChI=1S/C20H26F2N4O/c1-2-23-19(26-8-4-7-20(12-26)10-17(27)24-11-20)25-16-9-13(16)18-14(21)5-3-6-15(18)22/h3,5-6,13,16H,2,4,7-12H2,1H3,(H,23,25)(H,24,27). The van der Waals surface area contributed by atoms with Crippen LogP contribution in [0.1, 0.15) is 44.1 Å². The first kappa shape index (κ1) is 18.2. The summed E-state index contributed by atoms with van der Waals surface area (Å²) < 4.78 is 28.1. The van der Waals surface area contributed by atoms with Gasteiger partial charge in [0.05, 0.1) is 0 Å². The molecule has 0 radical (unpaired) electrons. The van der Waals surface area contributed by atoms with Crippen molar-refractivity contribution in [3.05, 3.63) is 35.4 Å². The molecule has 2 heterocycles. The second kappa shape index (κ2) is 7.09. The molecule has 0 bridgehead atoms. The first-order chi connectivity index (χ1) is 13.0. The average Bonchev–Trinajstić information content (AvgIpc) is 3.29. The zero-order chi connectivity index (χ0) is 19.0. The van der Waals surface area contributed by atoms with Crippen LogP contribution in [0.15, 0.2) is 23.2 Å². The molecule has 1 aromatic rings. The predicted octanol–water partition coefficient (Wildman–Crippen LogP) is 2.39. The number of carbonyl (C=O) groups is 1. The Morgan fingerprint density at radius 3 is 2.85 bits per heavy atom. The lowest BCUT2D eigenvalue weighted by Crippen LogP contribution is -2.52. The van der Waals surface area contributed by atoms with Gasteiger partial charge in [-0.15, -0.1) is 0 Å². The van der Waals surface area contributed by atoms with Gasteiger partial charge in [0.1, 0.15) is 11.6 Å². The van der Waals surface area contributed by atoms with Crippen LogP contribution < -0.4 is 10.6 Å². The van der Waals surface area contributed by atoms with Crippen LogP contribution in [-0.2, 0) is 4.79 Å². The Morgan fingerprint density at radius 1 is 1.41 bits per heavy atom. The van der Waals surface area contributed by atoms with Crippen molar-refractivity contribution in [1.29, 1.82) is 0 Å². The molecule has 5 nitrogen and oxygen atoms in total. The third kappa shape index (κ3) is 3.64. The Hall–Kier alpha value is -2.18. The van der Waals surface area contributed by atoms with Crippen molar-refractivity contribution in [2.45, 2.75) is 44.6 Å². The van der Waals surface area contributed by atoms with Gasteiger partial charge in [-0.05, 0) is 38.3 Å². The lowest BCUT2D eigenvalue weighted by atomic mass is 9.79. The smallest absolute Gasteiger partial charge is 0.220 e. The number of rotatable bonds is 3. The molecule has 3 aliphatic rings. The molecule has 1 saturated carbocycles. The summed E-state index contributed by atoms with van der Waals surface area (Å²) in [6.45, 7) is 4.99. The van der Waals surface area contributed by atoms with Gasteiger partial charge in [0, 0.05) is 55.5 Å². The maximum absolute atomic E-state index is 14.0. The third-order valence-corrected chi connectivity index (χ3v) is 5.94. The second-order valence-corrected chi connectivity index (χ2v) is 8.00. The lowest BCUT2D eigenvalue weighted by molar-refractivity contribution is -0.119. The van der Waals surface area contributed by atoms with Crippen LogP contribution >= 0.6 is 0 Å². The number of halogens is 2. The Balaban J connectivity index is 1.45. The van der Waals surface area contributed by atoms with E-state index in [-0.39, 0.29) is 28.8 Å². The van der Waals surface area contributed by atoms with Crippen molar-refractivity contribution in [3.63, 3.8) is 0 Å². The SMILES string of the molecule is CCN=C(NC1CC1c1c(F)cccc1F)N1CCCC2(CNC(=O)C2)C1. The van der Waals surface area contributed by atoms with Gasteiger partial charge in [-0.1, -0.05) is 6.07 Å². The maximum atomic E-state index is 14.0. The van der Waals surface area contributed by atoms with Gasteiger partial charge in [0.15, 0.2) is 5.96 Å². The van der Waals surface area contributed by atoms with E-state index in [4.69, 9.17) is 0 Å². The monoisotopic (exact) mass is 376 g/mol. The van der Waals surface area contributed by atoms with Crippen LogP contribution in [0.4, 0.5) is 8.78 Å². The molecule has 1 amide bonds. The molecule has 3 unspecified atom stereocenters. The number of benzene rings is 1. The van der Waals surface area contributed by atoms with Crippen molar-refractivity contribution >= 4 is 11.9 Å². The topological polar surface area (TPSA) is 56.7 Å². The number of hydrogen-bond donors (Lipinski definition) is 2. The van der Waals surface area contributed by atoms with Gasteiger partial charge in [-0.25, -0.2) is 8.78 Å². The zero-order valence-electron chi connectivity index (χ0n) is 15.6. The summed E-state index contributed by atoms with van der Waals surface area (Å²) in [6.07, 6.45) is 3.30. The number of amides is 1. The Morgan fingerprint density at radius 2 is 2.19 bits per heavy atom. The van der Waals surface area contributed by atoms with E-state index in [9.17, 15) is 13.6 Å². The first-order valence-corrected chi connectivity index (χ1v) is 9.78. The number of aliphatic imine (C=N–C) groups is 1. The van der Waals surface area contributed by atoms with Crippen LogP contribution in [0.25, 0.3) is 0 Å². The number of piperidine rings is 1. The van der Waals surface area contributed by atoms with Gasteiger partial charge in [0.2, 0.25) is 5.91 Å². The van der Waals surface area contributed by atoms with Crippen molar-refractivity contribution in [2.24, 2.45) is 10.4 Å². The highest BCUT2D eigenvalue weighted by molar-refractivity contribution is 5.82. The molecule has 1 spiro atoms. The second-order valence-electron chi connectivity index (χ2n) is 8.00. The lowest BCUT2D eigenvalue weighted by Gasteiger charge is -2.41. The fraction of sp³-hybridized carbons (Fsp3) is 0.600. The van der Waals surface area contributed by atoms with Crippen molar-refractivity contribution < 1.29 is 13.6 Å².